The van der Waals surface area contributed by atoms with Crippen molar-refractivity contribution >= 4 is 0 Å². The van der Waals surface area contributed by atoms with Crippen molar-refractivity contribution in [1.82, 2.24) is 40.4 Å². The molecule has 0 aliphatic rings. The molecule has 0 amide bonds. The maximum atomic E-state index is 4.51. The number of aromatic nitrogens is 8. The average molecular weight is 394 g/mol. The third-order valence-electron chi connectivity index (χ3n) is 4.74. The highest BCUT2D eigenvalue weighted by molar-refractivity contribution is 5.65. The van der Waals surface area contributed by atoms with Crippen molar-refractivity contribution in [2.75, 3.05) is 0 Å². The van der Waals surface area contributed by atoms with Crippen molar-refractivity contribution in [3.8, 4) is 34.2 Å². The van der Waals surface area contributed by atoms with Gasteiger partial charge < -0.3 is 0 Å². The normalized spacial score (nSPS) is 11.0. The SMILES string of the molecule is Cc1ccc(-n2nnc(-c3cccc(-c4nnn(-c5ccc(C)cc5)n4)c3)n2)cc1. The van der Waals surface area contributed by atoms with Crippen LogP contribution in [0, 0.1) is 13.8 Å². The maximum absolute atomic E-state index is 4.51. The van der Waals surface area contributed by atoms with Gasteiger partial charge in [0.05, 0.1) is 11.4 Å². The Labute approximate surface area is 172 Å². The van der Waals surface area contributed by atoms with Crippen LogP contribution in [0.25, 0.3) is 34.2 Å². The van der Waals surface area contributed by atoms with E-state index >= 15 is 0 Å². The Morgan fingerprint density at radius 3 is 1.43 bits per heavy atom. The van der Waals surface area contributed by atoms with Gasteiger partial charge in [-0.05, 0) is 54.6 Å². The zero-order chi connectivity index (χ0) is 20.5. The molecule has 0 bridgehead atoms. The first-order valence-electron chi connectivity index (χ1n) is 9.51. The lowest BCUT2D eigenvalue weighted by atomic mass is 10.1. The van der Waals surface area contributed by atoms with Gasteiger partial charge >= 0.3 is 0 Å². The van der Waals surface area contributed by atoms with E-state index in [1.165, 1.54) is 20.7 Å². The van der Waals surface area contributed by atoms with Crippen LogP contribution in [0.2, 0.25) is 0 Å². The summed E-state index contributed by atoms with van der Waals surface area (Å²) in [6, 6.07) is 23.6. The molecule has 0 atom stereocenters. The van der Waals surface area contributed by atoms with Gasteiger partial charge in [-0.25, -0.2) is 0 Å². The van der Waals surface area contributed by atoms with Gasteiger partial charge in [0.2, 0.25) is 11.6 Å². The van der Waals surface area contributed by atoms with Gasteiger partial charge in [0.25, 0.3) is 0 Å². The second kappa shape index (κ2) is 7.32. The molecule has 3 aromatic carbocycles. The number of benzene rings is 3. The van der Waals surface area contributed by atoms with Crippen LogP contribution in [0.1, 0.15) is 11.1 Å². The molecule has 5 rings (SSSR count). The van der Waals surface area contributed by atoms with Crippen LogP contribution >= 0.6 is 0 Å². The fourth-order valence-electron chi connectivity index (χ4n) is 3.03. The van der Waals surface area contributed by atoms with Crippen molar-refractivity contribution in [2.45, 2.75) is 13.8 Å². The highest BCUT2D eigenvalue weighted by Crippen LogP contribution is 2.22. The summed E-state index contributed by atoms with van der Waals surface area (Å²) in [5.41, 5.74) is 5.74. The number of nitrogens with zero attached hydrogens (tertiary/aromatic N) is 8. The highest BCUT2D eigenvalue weighted by Gasteiger charge is 2.12. The number of tetrazole rings is 2. The summed E-state index contributed by atoms with van der Waals surface area (Å²) in [7, 11) is 0. The smallest absolute Gasteiger partial charge is 0.130 e. The predicted octanol–water partition coefficient (Wildman–Crippen LogP) is 3.59. The first-order valence-corrected chi connectivity index (χ1v) is 9.51. The zero-order valence-electron chi connectivity index (χ0n) is 16.5. The van der Waals surface area contributed by atoms with Crippen molar-refractivity contribution in [2.24, 2.45) is 0 Å². The van der Waals surface area contributed by atoms with Crippen LogP contribution in [-0.4, -0.2) is 40.4 Å². The Kier molecular flexibility index (Phi) is 4.36. The van der Waals surface area contributed by atoms with Gasteiger partial charge in [-0.1, -0.05) is 53.6 Å². The van der Waals surface area contributed by atoms with Gasteiger partial charge in [0.15, 0.2) is 0 Å². The third-order valence-corrected chi connectivity index (χ3v) is 4.74. The minimum Gasteiger partial charge on any atom is -0.130 e. The Morgan fingerprint density at radius 1 is 0.567 bits per heavy atom. The minimum atomic E-state index is 0.531. The fraction of sp³-hybridized carbons (Fsp3) is 0.0909. The van der Waals surface area contributed by atoms with Gasteiger partial charge in [-0.2, -0.15) is 0 Å². The molecule has 0 radical (unpaired) electrons. The molecule has 0 aliphatic heterocycles. The molecule has 0 aliphatic carbocycles. The second-order valence-electron chi connectivity index (χ2n) is 7.06. The van der Waals surface area contributed by atoms with Crippen molar-refractivity contribution in [1.29, 1.82) is 0 Å². The largest absolute Gasteiger partial charge is 0.205 e. The summed E-state index contributed by atoms with van der Waals surface area (Å²) in [6.45, 7) is 4.08. The molecule has 0 spiro atoms. The number of hydrogen-bond donors (Lipinski definition) is 0. The Morgan fingerprint density at radius 2 is 1.00 bits per heavy atom. The summed E-state index contributed by atoms with van der Waals surface area (Å²) < 4.78 is 0. The summed E-state index contributed by atoms with van der Waals surface area (Å²) in [5.74, 6) is 1.06. The topological polar surface area (TPSA) is 87.2 Å². The lowest BCUT2D eigenvalue weighted by molar-refractivity contribution is 0.720. The van der Waals surface area contributed by atoms with E-state index in [0.717, 1.165) is 22.5 Å². The van der Waals surface area contributed by atoms with Crippen LogP contribution in [0.3, 0.4) is 0 Å². The van der Waals surface area contributed by atoms with E-state index in [-0.39, 0.29) is 0 Å². The lowest BCUT2D eigenvalue weighted by Crippen LogP contribution is -1.98. The maximum Gasteiger partial charge on any atom is 0.205 e. The number of aryl methyl sites for hydroxylation is 2. The third kappa shape index (κ3) is 3.46. The fourth-order valence-corrected chi connectivity index (χ4v) is 3.03. The molecule has 5 aromatic rings. The standard InChI is InChI=1S/C22H18N8/c1-15-6-10-19(11-7-15)29-25-21(23-27-29)17-4-3-5-18(14-17)22-24-28-30(26-22)20-12-8-16(2)9-13-20/h3-14H,1-2H3. The van der Waals surface area contributed by atoms with Gasteiger partial charge in [0, 0.05) is 11.1 Å². The van der Waals surface area contributed by atoms with Gasteiger partial charge in [-0.15, -0.1) is 30.0 Å². The highest BCUT2D eigenvalue weighted by atomic mass is 15.6. The average Bonchev–Trinajstić information content (AvgIpc) is 3.45. The van der Waals surface area contributed by atoms with Crippen LogP contribution in [-0.2, 0) is 0 Å². The van der Waals surface area contributed by atoms with E-state index in [2.05, 4.69) is 30.8 Å². The van der Waals surface area contributed by atoms with E-state index in [1.807, 2.05) is 86.6 Å². The Balaban J connectivity index is 1.44. The summed E-state index contributed by atoms with van der Waals surface area (Å²) in [5, 5.41) is 25.8. The summed E-state index contributed by atoms with van der Waals surface area (Å²) >= 11 is 0. The molecule has 0 unspecified atom stereocenters. The molecular formula is C22H18N8. The van der Waals surface area contributed by atoms with E-state index in [4.69, 9.17) is 0 Å². The van der Waals surface area contributed by atoms with E-state index < -0.39 is 0 Å². The Hall–Kier alpha value is -4.20. The van der Waals surface area contributed by atoms with Crippen molar-refractivity contribution < 1.29 is 0 Å². The molecular weight excluding hydrogens is 376 g/mol. The first-order chi connectivity index (χ1) is 14.7. The van der Waals surface area contributed by atoms with Crippen LogP contribution < -0.4 is 0 Å². The van der Waals surface area contributed by atoms with Crippen LogP contribution in [0.15, 0.2) is 72.8 Å². The van der Waals surface area contributed by atoms with Crippen molar-refractivity contribution in [3.63, 3.8) is 0 Å². The molecule has 30 heavy (non-hydrogen) atoms. The van der Waals surface area contributed by atoms with E-state index in [0.29, 0.717) is 11.6 Å². The van der Waals surface area contributed by atoms with Crippen LogP contribution in [0.5, 0.6) is 0 Å². The molecule has 2 heterocycles. The quantitative estimate of drug-likeness (QED) is 0.463. The molecule has 0 fully saturated rings. The predicted molar refractivity (Wildman–Crippen MR) is 112 cm³/mol. The summed E-state index contributed by atoms with van der Waals surface area (Å²) in [4.78, 5) is 3.04. The second-order valence-corrected chi connectivity index (χ2v) is 7.06. The first kappa shape index (κ1) is 17.9. The zero-order valence-corrected chi connectivity index (χ0v) is 16.5. The Bertz CT molecular complexity index is 1200. The molecule has 0 saturated carbocycles. The molecule has 146 valence electrons. The monoisotopic (exact) mass is 394 g/mol. The summed E-state index contributed by atoms with van der Waals surface area (Å²) in [6.07, 6.45) is 0. The molecule has 0 saturated heterocycles. The number of rotatable bonds is 4. The molecule has 8 heteroatoms. The van der Waals surface area contributed by atoms with Crippen molar-refractivity contribution in [3.05, 3.63) is 83.9 Å². The van der Waals surface area contributed by atoms with E-state index in [9.17, 15) is 0 Å². The number of hydrogen-bond acceptors (Lipinski definition) is 6. The van der Waals surface area contributed by atoms with E-state index in [1.54, 1.807) is 0 Å². The molecule has 8 nitrogen and oxygen atoms in total. The lowest BCUT2D eigenvalue weighted by Gasteiger charge is -2.00. The van der Waals surface area contributed by atoms with Gasteiger partial charge in [0.1, 0.15) is 0 Å². The van der Waals surface area contributed by atoms with Crippen LogP contribution in [0.4, 0.5) is 0 Å². The molecule has 0 N–H and O–H groups in total. The minimum absolute atomic E-state index is 0.531. The van der Waals surface area contributed by atoms with Gasteiger partial charge in [-0.3, -0.25) is 0 Å². The molecule has 2 aromatic heterocycles.